The number of aliphatic hydroxyl groups excluding tert-OH is 1. The minimum absolute atomic E-state index is 0. The standard InChI is InChI=1S/C16H24N2O2.ClH/c1-13(2)14-3-5-15(6-4-14)16(20)18-9-7-17(8-10-18)11-12-19;/h3-6,13,19H,7-12H2,1-2H3;1H. The summed E-state index contributed by atoms with van der Waals surface area (Å²) in [6, 6.07) is 7.94. The second-order valence-electron chi connectivity index (χ2n) is 5.63. The fraction of sp³-hybridized carbons (Fsp3) is 0.562. The molecule has 0 atom stereocenters. The third-order valence-electron chi connectivity index (χ3n) is 3.90. The Bertz CT molecular complexity index is 446. The van der Waals surface area contributed by atoms with Crippen LogP contribution in [0, 0.1) is 0 Å². The molecular weight excluding hydrogens is 288 g/mol. The van der Waals surface area contributed by atoms with Crippen LogP contribution in [0.5, 0.6) is 0 Å². The van der Waals surface area contributed by atoms with Crippen LogP contribution in [0.2, 0.25) is 0 Å². The number of hydrogen-bond acceptors (Lipinski definition) is 3. The topological polar surface area (TPSA) is 43.8 Å². The first-order chi connectivity index (χ1) is 9.61. The Morgan fingerprint density at radius 3 is 2.24 bits per heavy atom. The number of nitrogens with zero attached hydrogens (tertiary/aromatic N) is 2. The fourth-order valence-corrected chi connectivity index (χ4v) is 2.51. The highest BCUT2D eigenvalue weighted by molar-refractivity contribution is 5.94. The summed E-state index contributed by atoms with van der Waals surface area (Å²) in [5.41, 5.74) is 2.03. The molecule has 0 unspecified atom stereocenters. The predicted molar refractivity (Wildman–Crippen MR) is 81.1 cm³/mol. The number of β-amino-alcohol motifs (C(OH)–C–C–N with tert-alkyl or cyclic N) is 1. The molecule has 1 saturated heterocycles. The molecule has 1 heterocycles. The van der Waals surface area contributed by atoms with Crippen molar-refractivity contribution >= 4 is 5.91 Å². The van der Waals surface area contributed by atoms with Crippen molar-refractivity contribution in [3.05, 3.63) is 35.4 Å². The van der Waals surface area contributed by atoms with Gasteiger partial charge < -0.3 is 22.4 Å². The molecule has 1 fully saturated rings. The number of carbonyl (C=O) groups excluding carboxylic acids is 1. The molecule has 0 radical (unpaired) electrons. The van der Waals surface area contributed by atoms with Crippen molar-refractivity contribution in [2.45, 2.75) is 19.8 Å². The van der Waals surface area contributed by atoms with E-state index in [-0.39, 0.29) is 26.3 Å². The maximum atomic E-state index is 12.4. The summed E-state index contributed by atoms with van der Waals surface area (Å²) in [5, 5.41) is 8.92. The highest BCUT2D eigenvalue weighted by Crippen LogP contribution is 2.16. The zero-order chi connectivity index (χ0) is 14.5. The quantitative estimate of drug-likeness (QED) is 0.750. The second kappa shape index (κ2) is 8.37. The summed E-state index contributed by atoms with van der Waals surface area (Å²) in [5.74, 6) is 0.602. The summed E-state index contributed by atoms with van der Waals surface area (Å²) in [4.78, 5) is 16.5. The molecule has 1 aromatic rings. The lowest BCUT2D eigenvalue weighted by atomic mass is 10.0. The molecule has 1 N–H and O–H groups in total. The third kappa shape index (κ3) is 4.70. The average Bonchev–Trinajstić information content (AvgIpc) is 2.48. The second-order valence-corrected chi connectivity index (χ2v) is 5.63. The summed E-state index contributed by atoms with van der Waals surface area (Å²) >= 11 is 0. The van der Waals surface area contributed by atoms with Gasteiger partial charge in [0.05, 0.1) is 6.61 Å². The van der Waals surface area contributed by atoms with Gasteiger partial charge >= 0.3 is 1.43 Å². The largest absolute Gasteiger partial charge is 1.00 e. The zero-order valence-corrected chi connectivity index (χ0v) is 13.5. The van der Waals surface area contributed by atoms with Crippen molar-refractivity contribution in [3.63, 3.8) is 0 Å². The first kappa shape index (κ1) is 18.0. The normalized spacial score (nSPS) is 15.9. The van der Waals surface area contributed by atoms with Crippen LogP contribution in [0.3, 0.4) is 0 Å². The van der Waals surface area contributed by atoms with E-state index in [1.807, 2.05) is 29.2 Å². The lowest BCUT2D eigenvalue weighted by Gasteiger charge is -2.34. The molecule has 1 aliphatic rings. The van der Waals surface area contributed by atoms with Crippen LogP contribution in [0.1, 0.15) is 37.1 Å². The number of rotatable bonds is 4. The smallest absolute Gasteiger partial charge is 1.00 e. The molecule has 0 aromatic heterocycles. The Morgan fingerprint density at radius 1 is 1.19 bits per heavy atom. The number of aliphatic hydroxyl groups is 1. The molecule has 2 rings (SSSR count). The number of piperazine rings is 1. The lowest BCUT2D eigenvalue weighted by Crippen LogP contribution is -3.00. The van der Waals surface area contributed by atoms with Crippen LogP contribution < -0.4 is 12.4 Å². The van der Waals surface area contributed by atoms with Crippen LogP contribution in [-0.4, -0.2) is 60.1 Å². The highest BCUT2D eigenvalue weighted by atomic mass is 35.5. The molecule has 1 aliphatic heterocycles. The van der Waals surface area contributed by atoms with Gasteiger partial charge in [-0.1, -0.05) is 26.0 Å². The highest BCUT2D eigenvalue weighted by Gasteiger charge is 2.21. The van der Waals surface area contributed by atoms with E-state index in [0.29, 0.717) is 12.5 Å². The van der Waals surface area contributed by atoms with E-state index < -0.39 is 0 Å². The fourth-order valence-electron chi connectivity index (χ4n) is 2.51. The predicted octanol–water partition coefficient (Wildman–Crippen LogP) is -1.32. The molecule has 1 amide bonds. The van der Waals surface area contributed by atoms with E-state index in [9.17, 15) is 4.79 Å². The van der Waals surface area contributed by atoms with Gasteiger partial charge in [-0.15, -0.1) is 0 Å². The first-order valence-electron chi connectivity index (χ1n) is 7.34. The van der Waals surface area contributed by atoms with Crippen LogP contribution in [0.25, 0.3) is 0 Å². The van der Waals surface area contributed by atoms with Gasteiger partial charge in [0.25, 0.3) is 5.91 Å². The van der Waals surface area contributed by atoms with Gasteiger partial charge in [0.15, 0.2) is 0 Å². The maximum Gasteiger partial charge on any atom is 1.00 e. The van der Waals surface area contributed by atoms with Crippen LogP contribution >= 0.6 is 0 Å². The monoisotopic (exact) mass is 312 g/mol. The molecule has 21 heavy (non-hydrogen) atoms. The minimum Gasteiger partial charge on any atom is -1.00 e. The summed E-state index contributed by atoms with van der Waals surface area (Å²) in [6.07, 6.45) is 0. The van der Waals surface area contributed by atoms with Crippen molar-refractivity contribution in [2.75, 3.05) is 39.3 Å². The van der Waals surface area contributed by atoms with Crippen LogP contribution in [0.4, 0.5) is 0 Å². The first-order valence-corrected chi connectivity index (χ1v) is 7.34. The number of halogens is 1. The zero-order valence-electron chi connectivity index (χ0n) is 13.8. The van der Waals surface area contributed by atoms with Gasteiger partial charge in [-0.2, -0.15) is 0 Å². The molecule has 0 spiro atoms. The van der Waals surface area contributed by atoms with Crippen molar-refractivity contribution in [3.8, 4) is 0 Å². The van der Waals surface area contributed by atoms with E-state index in [1.165, 1.54) is 5.56 Å². The Morgan fingerprint density at radius 2 is 1.76 bits per heavy atom. The SMILES string of the molecule is CC(C)c1ccc(C(=O)N2CCN(CCO)CC2)cc1.[Cl-].[H+]. The van der Waals surface area contributed by atoms with Crippen molar-refractivity contribution in [1.29, 1.82) is 0 Å². The molecule has 0 saturated carbocycles. The van der Waals surface area contributed by atoms with Crippen molar-refractivity contribution in [1.82, 2.24) is 9.80 Å². The Balaban J connectivity index is 0.00000220. The summed E-state index contributed by atoms with van der Waals surface area (Å²) in [6.45, 7) is 8.35. The van der Waals surface area contributed by atoms with Crippen LogP contribution in [0.15, 0.2) is 24.3 Å². The van der Waals surface area contributed by atoms with Gasteiger partial charge in [0.1, 0.15) is 0 Å². The van der Waals surface area contributed by atoms with Gasteiger partial charge in [0, 0.05) is 38.3 Å². The van der Waals surface area contributed by atoms with E-state index in [2.05, 4.69) is 18.7 Å². The van der Waals surface area contributed by atoms with Gasteiger partial charge in [0.2, 0.25) is 0 Å². The van der Waals surface area contributed by atoms with Crippen LogP contribution in [-0.2, 0) is 0 Å². The molecular formula is C16H25ClN2O2. The summed E-state index contributed by atoms with van der Waals surface area (Å²) < 4.78 is 0. The Labute approximate surface area is 134 Å². The van der Waals surface area contributed by atoms with Gasteiger partial charge in [-0.3, -0.25) is 9.69 Å². The van der Waals surface area contributed by atoms with E-state index >= 15 is 0 Å². The molecule has 5 heteroatoms. The molecule has 0 aliphatic carbocycles. The average molecular weight is 313 g/mol. The molecule has 118 valence electrons. The molecule has 1 aromatic carbocycles. The van der Waals surface area contributed by atoms with Gasteiger partial charge in [-0.05, 0) is 23.6 Å². The maximum absolute atomic E-state index is 12.4. The molecule has 4 nitrogen and oxygen atoms in total. The lowest BCUT2D eigenvalue weighted by molar-refractivity contribution is -0.0000169. The van der Waals surface area contributed by atoms with E-state index in [0.717, 1.165) is 31.7 Å². The van der Waals surface area contributed by atoms with E-state index in [4.69, 9.17) is 5.11 Å². The van der Waals surface area contributed by atoms with Crippen molar-refractivity contribution < 1.29 is 23.7 Å². The van der Waals surface area contributed by atoms with Crippen molar-refractivity contribution in [2.24, 2.45) is 0 Å². The molecule has 0 bridgehead atoms. The summed E-state index contributed by atoms with van der Waals surface area (Å²) in [7, 11) is 0. The number of carbonyl (C=O) groups is 1. The number of benzene rings is 1. The number of hydrogen-bond donors (Lipinski definition) is 1. The van der Waals surface area contributed by atoms with Gasteiger partial charge in [-0.25, -0.2) is 0 Å². The Kier molecular flexibility index (Phi) is 7.15. The third-order valence-corrected chi connectivity index (χ3v) is 3.90. The number of amides is 1. The minimum atomic E-state index is 0. The van der Waals surface area contributed by atoms with E-state index in [1.54, 1.807) is 0 Å². The Hall–Kier alpha value is -1.10.